The molecule has 0 aromatic heterocycles. The predicted molar refractivity (Wildman–Crippen MR) is 176 cm³/mol. The fourth-order valence-corrected chi connectivity index (χ4v) is 6.37. The van der Waals surface area contributed by atoms with Gasteiger partial charge in [0.05, 0.1) is 10.6 Å². The summed E-state index contributed by atoms with van der Waals surface area (Å²) in [5.74, 6) is -1.49. The van der Waals surface area contributed by atoms with Crippen LogP contribution in [0.4, 0.5) is 10.1 Å². The minimum atomic E-state index is -4.31. The molecule has 2 amide bonds. The number of aryl methyl sites for hydroxylation is 2. The number of halogens is 1. The van der Waals surface area contributed by atoms with Crippen molar-refractivity contribution in [3.8, 4) is 0 Å². The van der Waals surface area contributed by atoms with Gasteiger partial charge in [0, 0.05) is 18.5 Å². The molecule has 0 heterocycles. The van der Waals surface area contributed by atoms with Gasteiger partial charge in [-0.2, -0.15) is 0 Å². The largest absolute Gasteiger partial charge is 0.350 e. The molecule has 0 aliphatic carbocycles. The van der Waals surface area contributed by atoms with Crippen LogP contribution in [0.3, 0.4) is 0 Å². The lowest BCUT2D eigenvalue weighted by atomic mass is 10.00. The van der Waals surface area contributed by atoms with E-state index in [2.05, 4.69) is 5.32 Å². The third-order valence-corrected chi connectivity index (χ3v) is 9.16. The van der Waals surface area contributed by atoms with Crippen molar-refractivity contribution in [1.29, 1.82) is 0 Å². The fourth-order valence-electron chi connectivity index (χ4n) is 4.95. The highest BCUT2D eigenvalue weighted by molar-refractivity contribution is 7.92. The summed E-state index contributed by atoms with van der Waals surface area (Å²) >= 11 is 0. The van der Waals surface area contributed by atoms with Gasteiger partial charge in [0.2, 0.25) is 11.8 Å². The second-order valence-corrected chi connectivity index (χ2v) is 14.1. The molecule has 0 aliphatic heterocycles. The van der Waals surface area contributed by atoms with Crippen LogP contribution >= 0.6 is 0 Å². The van der Waals surface area contributed by atoms with Crippen molar-refractivity contribution in [2.75, 3.05) is 10.8 Å². The summed E-state index contributed by atoms with van der Waals surface area (Å²) in [6.45, 7) is 8.91. The van der Waals surface area contributed by atoms with Gasteiger partial charge in [0.1, 0.15) is 18.4 Å². The Kier molecular flexibility index (Phi) is 10.4. The van der Waals surface area contributed by atoms with Crippen LogP contribution in [0.15, 0.2) is 108 Å². The van der Waals surface area contributed by atoms with Crippen molar-refractivity contribution in [3.63, 3.8) is 0 Å². The molecular weight excluding hydrogens is 589 g/mol. The molecule has 4 aromatic carbocycles. The monoisotopic (exact) mass is 629 g/mol. The second-order valence-electron chi connectivity index (χ2n) is 12.2. The smallest absolute Gasteiger partial charge is 0.264 e. The van der Waals surface area contributed by atoms with E-state index in [1.54, 1.807) is 24.3 Å². The molecule has 0 fully saturated rings. The Morgan fingerprint density at radius 2 is 1.42 bits per heavy atom. The zero-order chi connectivity index (χ0) is 32.8. The van der Waals surface area contributed by atoms with E-state index in [-0.39, 0.29) is 29.5 Å². The Balaban J connectivity index is 1.82. The van der Waals surface area contributed by atoms with Crippen molar-refractivity contribution < 1.29 is 22.4 Å². The zero-order valence-electron chi connectivity index (χ0n) is 26.3. The molecule has 0 saturated carbocycles. The summed E-state index contributed by atoms with van der Waals surface area (Å²) in [5.41, 5.74) is 3.21. The summed E-state index contributed by atoms with van der Waals surface area (Å²) in [6, 6.07) is 27.3. The van der Waals surface area contributed by atoms with Crippen molar-refractivity contribution >= 4 is 27.5 Å². The number of carbonyl (C=O) groups excluding carboxylic acids is 2. The minimum Gasteiger partial charge on any atom is -0.350 e. The van der Waals surface area contributed by atoms with Crippen LogP contribution in [0, 0.1) is 19.7 Å². The third-order valence-electron chi connectivity index (χ3n) is 7.37. The molecule has 236 valence electrons. The van der Waals surface area contributed by atoms with Gasteiger partial charge in [-0.15, -0.1) is 0 Å². The number of sulfonamides is 1. The highest BCUT2D eigenvalue weighted by Gasteiger charge is 2.35. The first-order valence-corrected chi connectivity index (χ1v) is 16.2. The lowest BCUT2D eigenvalue weighted by molar-refractivity contribution is -0.140. The van der Waals surface area contributed by atoms with E-state index in [9.17, 15) is 22.4 Å². The molecule has 0 unspecified atom stereocenters. The van der Waals surface area contributed by atoms with Gasteiger partial charge in [-0.1, -0.05) is 72.3 Å². The van der Waals surface area contributed by atoms with Crippen LogP contribution in [0.2, 0.25) is 0 Å². The van der Waals surface area contributed by atoms with E-state index in [4.69, 9.17) is 0 Å². The quantitative estimate of drug-likeness (QED) is 0.214. The van der Waals surface area contributed by atoms with Crippen molar-refractivity contribution in [3.05, 3.63) is 131 Å². The Morgan fingerprint density at radius 1 is 0.822 bits per heavy atom. The van der Waals surface area contributed by atoms with Crippen LogP contribution < -0.4 is 9.62 Å². The van der Waals surface area contributed by atoms with Crippen LogP contribution in [0.1, 0.15) is 43.0 Å². The van der Waals surface area contributed by atoms with Gasteiger partial charge in [-0.3, -0.25) is 13.9 Å². The number of anilines is 1. The molecule has 1 N–H and O–H groups in total. The van der Waals surface area contributed by atoms with E-state index in [0.717, 1.165) is 38.7 Å². The maximum absolute atomic E-state index is 14.5. The van der Waals surface area contributed by atoms with Crippen LogP contribution in [-0.4, -0.2) is 43.3 Å². The average molecular weight is 630 g/mol. The number of carbonyl (C=O) groups is 2. The molecule has 0 aliphatic rings. The standard InChI is InChI=1S/C36H40FN3O4S/c1-26-15-19-31(20-16-26)40(45(43,44)32-21-17-30(37)18-22-32)25-34(41)39(24-29-14-10-9-11-27(29)2)33(35(42)38-36(3,4)5)23-28-12-7-6-8-13-28/h6-22,33H,23-25H2,1-5H3,(H,38,42)/t33-/m0/s1. The molecule has 45 heavy (non-hydrogen) atoms. The summed E-state index contributed by atoms with van der Waals surface area (Å²) in [6.07, 6.45) is 0.218. The fraction of sp³-hybridized carbons (Fsp3) is 0.278. The van der Waals surface area contributed by atoms with E-state index >= 15 is 0 Å². The van der Waals surface area contributed by atoms with Gasteiger partial charge in [-0.05, 0) is 87.7 Å². The summed E-state index contributed by atoms with van der Waals surface area (Å²) in [4.78, 5) is 29.8. The third kappa shape index (κ3) is 8.79. The summed E-state index contributed by atoms with van der Waals surface area (Å²) in [5, 5.41) is 3.03. The van der Waals surface area contributed by atoms with Crippen molar-refractivity contribution in [2.24, 2.45) is 0 Å². The molecule has 1 atom stereocenters. The SMILES string of the molecule is Cc1ccc(N(CC(=O)N(Cc2ccccc2C)[C@@H](Cc2ccccc2)C(=O)NC(C)(C)C)S(=O)(=O)c2ccc(F)cc2)cc1. The highest BCUT2D eigenvalue weighted by atomic mass is 32.2. The molecule has 9 heteroatoms. The predicted octanol–water partition coefficient (Wildman–Crippen LogP) is 6.19. The normalized spacial score (nSPS) is 12.3. The lowest BCUT2D eigenvalue weighted by Crippen LogP contribution is -2.56. The molecule has 4 aromatic rings. The number of benzene rings is 4. The minimum absolute atomic E-state index is 0.0822. The van der Waals surface area contributed by atoms with Gasteiger partial charge in [0.15, 0.2) is 0 Å². The van der Waals surface area contributed by atoms with E-state index in [0.29, 0.717) is 0 Å². The number of rotatable bonds is 11. The Hall–Kier alpha value is -4.50. The van der Waals surface area contributed by atoms with Gasteiger partial charge in [-0.25, -0.2) is 12.8 Å². The maximum Gasteiger partial charge on any atom is 0.264 e. The molecule has 4 rings (SSSR count). The summed E-state index contributed by atoms with van der Waals surface area (Å²) < 4.78 is 42.8. The van der Waals surface area contributed by atoms with Crippen molar-refractivity contribution in [2.45, 2.75) is 64.1 Å². The molecule has 0 spiro atoms. The first kappa shape index (κ1) is 33.4. The number of hydrogen-bond acceptors (Lipinski definition) is 4. The second kappa shape index (κ2) is 14.1. The maximum atomic E-state index is 14.5. The lowest BCUT2D eigenvalue weighted by Gasteiger charge is -2.35. The van der Waals surface area contributed by atoms with Gasteiger partial charge in [0.25, 0.3) is 10.0 Å². The molecule has 0 bridgehead atoms. The first-order chi connectivity index (χ1) is 21.2. The van der Waals surface area contributed by atoms with Gasteiger partial charge < -0.3 is 10.2 Å². The zero-order valence-corrected chi connectivity index (χ0v) is 27.1. The number of hydrogen-bond donors (Lipinski definition) is 1. The first-order valence-electron chi connectivity index (χ1n) is 14.8. The van der Waals surface area contributed by atoms with E-state index in [1.807, 2.05) is 89.2 Å². The number of amides is 2. The Labute approximate surface area is 265 Å². The Morgan fingerprint density at radius 3 is 2.02 bits per heavy atom. The van der Waals surface area contributed by atoms with E-state index in [1.165, 1.54) is 17.0 Å². The Bertz CT molecular complexity index is 1720. The number of nitrogens with zero attached hydrogens (tertiary/aromatic N) is 2. The molecule has 0 saturated heterocycles. The summed E-state index contributed by atoms with van der Waals surface area (Å²) in [7, 11) is -4.31. The van der Waals surface area contributed by atoms with Crippen molar-refractivity contribution in [1.82, 2.24) is 10.2 Å². The molecule has 7 nitrogen and oxygen atoms in total. The van der Waals surface area contributed by atoms with Crippen LogP contribution in [0.25, 0.3) is 0 Å². The molecular formula is C36H40FN3O4S. The number of nitrogens with one attached hydrogen (secondary N) is 1. The van der Waals surface area contributed by atoms with E-state index < -0.39 is 39.9 Å². The van der Waals surface area contributed by atoms with Crippen LogP contribution in [0.5, 0.6) is 0 Å². The highest BCUT2D eigenvalue weighted by Crippen LogP contribution is 2.26. The average Bonchev–Trinajstić information content (AvgIpc) is 2.99. The van der Waals surface area contributed by atoms with Gasteiger partial charge >= 0.3 is 0 Å². The topological polar surface area (TPSA) is 86.8 Å². The molecule has 0 radical (unpaired) electrons. The van der Waals surface area contributed by atoms with Crippen LogP contribution in [-0.2, 0) is 32.6 Å².